The number of hydrogen-bond donors (Lipinski definition) is 3. The number of hydrogen-bond acceptors (Lipinski definition) is 5. The lowest BCUT2D eigenvalue weighted by Crippen LogP contribution is -2.19. The maximum Gasteiger partial charge on any atom is 0.231 e. The number of carbonyl (C=O) groups excluding carboxylic acids is 1. The zero-order valence-corrected chi connectivity index (χ0v) is 26.8. The van der Waals surface area contributed by atoms with E-state index in [4.69, 9.17) is 11.5 Å². The van der Waals surface area contributed by atoms with Gasteiger partial charge in [0.1, 0.15) is 0 Å². The van der Waals surface area contributed by atoms with Gasteiger partial charge < -0.3 is 21.7 Å². The van der Waals surface area contributed by atoms with Gasteiger partial charge in [-0.2, -0.15) is 11.3 Å². The summed E-state index contributed by atoms with van der Waals surface area (Å²) in [5.41, 5.74) is 18.1. The van der Waals surface area contributed by atoms with Gasteiger partial charge in [-0.05, 0) is 97.7 Å². The van der Waals surface area contributed by atoms with E-state index >= 15 is 0 Å². The van der Waals surface area contributed by atoms with Crippen LogP contribution in [0.15, 0.2) is 59.3 Å². The largest absolute Gasteiger partial charge is 0.398 e. The Hall–Kier alpha value is -2.67. The van der Waals surface area contributed by atoms with Crippen molar-refractivity contribution in [2.45, 2.75) is 91.5 Å². The molecule has 1 heterocycles. The Labute approximate surface area is 248 Å². The number of nitrogens with zero attached hydrogens (tertiary/aromatic N) is 1. The highest BCUT2D eigenvalue weighted by molar-refractivity contribution is 7.08. The van der Waals surface area contributed by atoms with E-state index in [2.05, 4.69) is 76.3 Å². The van der Waals surface area contributed by atoms with Gasteiger partial charge in [0.25, 0.3) is 0 Å². The Bertz CT molecular complexity index is 1060. The highest BCUT2D eigenvalue weighted by Gasteiger charge is 2.18. The molecular formula is C34H54N4OS. The number of anilines is 2. The van der Waals surface area contributed by atoms with Gasteiger partial charge in [-0.1, -0.05) is 84.1 Å². The SMILES string of the molecule is CCCCCC.CCCN(C)C.CCCc1ccc(C(N)c2cc(NC(=O)C(C)c3ccsc3)ccc2N)cc1. The fourth-order valence-corrected chi connectivity index (χ4v) is 4.91. The average molecular weight is 567 g/mol. The molecule has 6 heteroatoms. The summed E-state index contributed by atoms with van der Waals surface area (Å²) in [6.07, 6.45) is 8.97. The van der Waals surface area contributed by atoms with Crippen LogP contribution in [0.2, 0.25) is 0 Å². The van der Waals surface area contributed by atoms with Crippen LogP contribution in [0.25, 0.3) is 0 Å². The number of unbranched alkanes of at least 4 members (excludes halogenated alkanes) is 3. The number of amides is 1. The van der Waals surface area contributed by atoms with E-state index < -0.39 is 0 Å². The zero-order chi connectivity index (χ0) is 29.9. The second-order valence-electron chi connectivity index (χ2n) is 10.6. The standard InChI is InChI=1S/C23H27N3OS.C6H14.C5H13N/c1-3-4-16-5-7-17(8-6-16)22(25)20-13-19(9-10-21(20)24)26-23(27)15(2)18-11-12-28-14-18;1-3-5-6-4-2;1-4-5-6(2)3/h5-15,22H,3-4,24-25H2,1-2H3,(H,26,27);3-6H2,1-2H3;4-5H2,1-3H3. The van der Waals surface area contributed by atoms with Gasteiger partial charge in [0.15, 0.2) is 0 Å². The van der Waals surface area contributed by atoms with Gasteiger partial charge in [-0.3, -0.25) is 4.79 Å². The summed E-state index contributed by atoms with van der Waals surface area (Å²) in [6.45, 7) is 11.9. The molecule has 0 aliphatic heterocycles. The van der Waals surface area contributed by atoms with Crippen molar-refractivity contribution in [2.24, 2.45) is 5.73 Å². The highest BCUT2D eigenvalue weighted by Crippen LogP contribution is 2.29. The zero-order valence-electron chi connectivity index (χ0n) is 26.0. The molecular weight excluding hydrogens is 512 g/mol. The number of thiophene rings is 1. The van der Waals surface area contributed by atoms with Crippen molar-refractivity contribution >= 4 is 28.6 Å². The first kappa shape index (κ1) is 35.4. The number of nitrogen functional groups attached to an aromatic ring is 1. The van der Waals surface area contributed by atoms with Crippen molar-refractivity contribution < 1.29 is 4.79 Å². The molecule has 0 bridgehead atoms. The number of nitrogens with one attached hydrogen (secondary N) is 1. The summed E-state index contributed by atoms with van der Waals surface area (Å²) in [6, 6.07) is 15.4. The molecule has 1 aromatic heterocycles. The van der Waals surface area contributed by atoms with Crippen LogP contribution in [-0.4, -0.2) is 31.4 Å². The molecule has 5 nitrogen and oxygen atoms in total. The molecule has 222 valence electrons. The molecule has 0 saturated carbocycles. The van der Waals surface area contributed by atoms with Crippen molar-refractivity contribution in [3.05, 3.63) is 81.5 Å². The minimum Gasteiger partial charge on any atom is -0.398 e. The van der Waals surface area contributed by atoms with Crippen molar-refractivity contribution in [1.82, 2.24) is 4.90 Å². The van der Waals surface area contributed by atoms with Crippen molar-refractivity contribution in [1.29, 1.82) is 0 Å². The number of rotatable bonds is 12. The van der Waals surface area contributed by atoms with E-state index in [1.54, 1.807) is 17.4 Å². The number of carbonyl (C=O) groups is 1. The molecule has 2 aromatic carbocycles. The Morgan fingerprint density at radius 1 is 0.900 bits per heavy atom. The van der Waals surface area contributed by atoms with Crippen LogP contribution in [0.4, 0.5) is 11.4 Å². The quantitative estimate of drug-likeness (QED) is 0.151. The molecule has 3 aromatic rings. The summed E-state index contributed by atoms with van der Waals surface area (Å²) in [5.74, 6) is -0.265. The van der Waals surface area contributed by atoms with Crippen LogP contribution in [0, 0.1) is 0 Å². The molecule has 0 spiro atoms. The normalized spacial score (nSPS) is 12.0. The second-order valence-corrected chi connectivity index (χ2v) is 11.4. The molecule has 2 unspecified atom stereocenters. The number of benzene rings is 2. The Balaban J connectivity index is 0.000000559. The first-order valence-corrected chi connectivity index (χ1v) is 15.8. The first-order chi connectivity index (χ1) is 19.2. The smallest absolute Gasteiger partial charge is 0.231 e. The minimum absolute atomic E-state index is 0.0494. The molecule has 40 heavy (non-hydrogen) atoms. The first-order valence-electron chi connectivity index (χ1n) is 14.9. The Kier molecular flexibility index (Phi) is 17.9. The number of nitrogens with two attached hydrogens (primary N) is 2. The van der Waals surface area contributed by atoms with Crippen LogP contribution in [0.5, 0.6) is 0 Å². The fourth-order valence-electron chi connectivity index (χ4n) is 4.15. The average Bonchev–Trinajstić information content (AvgIpc) is 3.48. The predicted octanol–water partition coefficient (Wildman–Crippen LogP) is 8.62. The molecule has 1 amide bonds. The maximum absolute atomic E-state index is 12.6. The van der Waals surface area contributed by atoms with E-state index in [0.717, 1.165) is 29.5 Å². The lowest BCUT2D eigenvalue weighted by Gasteiger charge is -2.18. The van der Waals surface area contributed by atoms with E-state index in [-0.39, 0.29) is 17.9 Å². The van der Waals surface area contributed by atoms with Gasteiger partial charge in [0, 0.05) is 11.4 Å². The third-order valence-electron chi connectivity index (χ3n) is 6.63. The van der Waals surface area contributed by atoms with Crippen molar-refractivity contribution in [2.75, 3.05) is 31.7 Å². The molecule has 3 rings (SSSR count). The molecule has 0 fully saturated rings. The van der Waals surface area contributed by atoms with E-state index in [9.17, 15) is 4.79 Å². The summed E-state index contributed by atoms with van der Waals surface area (Å²) >= 11 is 1.59. The molecule has 0 saturated heterocycles. The minimum atomic E-state index is -0.346. The third-order valence-corrected chi connectivity index (χ3v) is 7.33. The van der Waals surface area contributed by atoms with Gasteiger partial charge in [0.2, 0.25) is 5.91 Å². The third kappa shape index (κ3) is 13.1. The van der Waals surface area contributed by atoms with E-state index in [1.165, 1.54) is 44.2 Å². The summed E-state index contributed by atoms with van der Waals surface area (Å²) in [4.78, 5) is 14.8. The van der Waals surface area contributed by atoms with Crippen LogP contribution in [0.1, 0.15) is 107 Å². The summed E-state index contributed by atoms with van der Waals surface area (Å²) < 4.78 is 0. The maximum atomic E-state index is 12.6. The second kappa shape index (κ2) is 20.2. The Morgan fingerprint density at radius 3 is 2.02 bits per heavy atom. The van der Waals surface area contributed by atoms with Crippen LogP contribution >= 0.6 is 11.3 Å². The van der Waals surface area contributed by atoms with E-state index in [1.807, 2.05) is 35.9 Å². The lowest BCUT2D eigenvalue weighted by atomic mass is 9.96. The predicted molar refractivity (Wildman–Crippen MR) is 177 cm³/mol. The lowest BCUT2D eigenvalue weighted by molar-refractivity contribution is -0.117. The monoisotopic (exact) mass is 566 g/mol. The Morgan fingerprint density at radius 2 is 1.55 bits per heavy atom. The molecule has 2 atom stereocenters. The van der Waals surface area contributed by atoms with Crippen LogP contribution in [-0.2, 0) is 11.2 Å². The molecule has 0 aliphatic rings. The summed E-state index contributed by atoms with van der Waals surface area (Å²) in [5, 5.41) is 6.96. The molecule has 0 aliphatic carbocycles. The fraction of sp³-hybridized carbons (Fsp3) is 0.500. The van der Waals surface area contributed by atoms with Crippen LogP contribution in [0.3, 0.4) is 0 Å². The number of aryl methyl sites for hydroxylation is 1. The molecule has 0 radical (unpaired) electrons. The van der Waals surface area contributed by atoms with Crippen LogP contribution < -0.4 is 16.8 Å². The van der Waals surface area contributed by atoms with Gasteiger partial charge in [0.05, 0.1) is 12.0 Å². The summed E-state index contributed by atoms with van der Waals surface area (Å²) in [7, 11) is 4.17. The van der Waals surface area contributed by atoms with Gasteiger partial charge >= 0.3 is 0 Å². The highest BCUT2D eigenvalue weighted by atomic mass is 32.1. The molecule has 5 N–H and O–H groups in total. The topological polar surface area (TPSA) is 84.4 Å². The van der Waals surface area contributed by atoms with Gasteiger partial charge in [-0.15, -0.1) is 0 Å². The van der Waals surface area contributed by atoms with E-state index in [0.29, 0.717) is 11.4 Å². The van der Waals surface area contributed by atoms with Gasteiger partial charge in [-0.25, -0.2) is 0 Å². The van der Waals surface area contributed by atoms with Crippen molar-refractivity contribution in [3.63, 3.8) is 0 Å². The van der Waals surface area contributed by atoms with Crippen molar-refractivity contribution in [3.8, 4) is 0 Å².